The first kappa shape index (κ1) is 13.2. The number of nitrogens with zero attached hydrogens (tertiary/aromatic N) is 2. The summed E-state index contributed by atoms with van der Waals surface area (Å²) in [6.07, 6.45) is 0.668. The van der Waals surface area contributed by atoms with E-state index in [1.165, 1.54) is 5.75 Å². The number of thioether (sulfide) groups is 1. The third-order valence-electron chi connectivity index (χ3n) is 3.57. The fourth-order valence-electron chi connectivity index (χ4n) is 2.59. The Morgan fingerprint density at radius 1 is 1.47 bits per heavy atom. The van der Waals surface area contributed by atoms with Crippen molar-refractivity contribution >= 4 is 17.7 Å². The van der Waals surface area contributed by atoms with Gasteiger partial charge in [-0.3, -0.25) is 4.79 Å². The Hall–Kier alpha value is -0.260. The molecule has 0 saturated carbocycles. The van der Waals surface area contributed by atoms with E-state index in [4.69, 9.17) is 0 Å². The molecule has 0 radical (unpaired) electrons. The summed E-state index contributed by atoms with van der Waals surface area (Å²) in [5, 5.41) is 3.43. The Morgan fingerprint density at radius 3 is 2.94 bits per heavy atom. The zero-order valence-electron chi connectivity index (χ0n) is 10.8. The lowest BCUT2D eigenvalue weighted by atomic mass is 10.1. The van der Waals surface area contributed by atoms with E-state index < -0.39 is 0 Å². The third-order valence-corrected chi connectivity index (χ3v) is 4.70. The molecule has 0 aromatic rings. The van der Waals surface area contributed by atoms with Gasteiger partial charge in [-0.2, -0.15) is 11.8 Å². The van der Waals surface area contributed by atoms with Crippen molar-refractivity contribution < 1.29 is 4.79 Å². The van der Waals surface area contributed by atoms with Crippen LogP contribution in [-0.4, -0.2) is 72.5 Å². The minimum atomic E-state index is 0.325. The van der Waals surface area contributed by atoms with Gasteiger partial charge in [0.25, 0.3) is 0 Å². The van der Waals surface area contributed by atoms with Crippen LogP contribution in [0.3, 0.4) is 0 Å². The number of likely N-dealkylation sites (N-methyl/N-ethyl adjacent to an activating group) is 1. The molecule has 1 N–H and O–H groups in total. The first-order chi connectivity index (χ1) is 8.16. The molecule has 98 valence electrons. The first-order valence-electron chi connectivity index (χ1n) is 6.46. The van der Waals surface area contributed by atoms with Crippen LogP contribution in [-0.2, 0) is 4.79 Å². The average Bonchev–Trinajstić information content (AvgIpc) is 2.30. The molecule has 0 aliphatic carbocycles. The number of carbonyl (C=O) groups excluding carboxylic acids is 1. The molecule has 1 amide bonds. The lowest BCUT2D eigenvalue weighted by Crippen LogP contribution is -2.54. The molecule has 0 spiro atoms. The van der Waals surface area contributed by atoms with Crippen LogP contribution < -0.4 is 5.32 Å². The van der Waals surface area contributed by atoms with E-state index in [1.54, 1.807) is 0 Å². The van der Waals surface area contributed by atoms with Gasteiger partial charge < -0.3 is 15.1 Å². The van der Waals surface area contributed by atoms with E-state index in [0.29, 0.717) is 24.4 Å². The highest BCUT2D eigenvalue weighted by Gasteiger charge is 2.27. The second-order valence-electron chi connectivity index (χ2n) is 5.13. The van der Waals surface area contributed by atoms with Crippen molar-refractivity contribution in [1.29, 1.82) is 0 Å². The van der Waals surface area contributed by atoms with Gasteiger partial charge in [0.2, 0.25) is 5.91 Å². The predicted octanol–water partition coefficient (Wildman–Crippen LogP) is 0.244. The molecule has 0 aromatic carbocycles. The Bertz CT molecular complexity index is 268. The topological polar surface area (TPSA) is 35.6 Å². The maximum Gasteiger partial charge on any atom is 0.224 e. The highest BCUT2D eigenvalue weighted by molar-refractivity contribution is 7.99. The molecule has 2 aliphatic rings. The lowest BCUT2D eigenvalue weighted by molar-refractivity contribution is -0.135. The van der Waals surface area contributed by atoms with E-state index in [9.17, 15) is 4.79 Å². The van der Waals surface area contributed by atoms with E-state index in [1.807, 2.05) is 11.8 Å². The molecular formula is C12H23N3OS. The van der Waals surface area contributed by atoms with Crippen molar-refractivity contribution in [1.82, 2.24) is 15.1 Å². The first-order valence-corrected chi connectivity index (χ1v) is 7.61. The van der Waals surface area contributed by atoms with Gasteiger partial charge in [-0.25, -0.2) is 0 Å². The quantitative estimate of drug-likeness (QED) is 0.769. The van der Waals surface area contributed by atoms with Crippen LogP contribution >= 0.6 is 11.8 Å². The third kappa shape index (κ3) is 3.60. The van der Waals surface area contributed by atoms with E-state index >= 15 is 0 Å². The molecule has 2 aliphatic heterocycles. The number of rotatable bonds is 2. The van der Waals surface area contributed by atoms with Gasteiger partial charge in [0.05, 0.1) is 0 Å². The van der Waals surface area contributed by atoms with E-state index in [2.05, 4.69) is 29.1 Å². The summed E-state index contributed by atoms with van der Waals surface area (Å²) in [7, 11) is 2.12. The standard InChI is InChI=1S/C12H23N3OS/c1-10-8-14(2)4-5-15(10)12(16)7-11-9-17-6-3-13-11/h10-11,13H,3-9H2,1-2H3. The predicted molar refractivity (Wildman–Crippen MR) is 72.4 cm³/mol. The van der Waals surface area contributed by atoms with Crippen molar-refractivity contribution in [2.24, 2.45) is 0 Å². The van der Waals surface area contributed by atoms with Crippen LogP contribution in [0.5, 0.6) is 0 Å². The Balaban J connectivity index is 1.82. The number of nitrogens with one attached hydrogen (secondary N) is 1. The summed E-state index contributed by atoms with van der Waals surface area (Å²) in [5.74, 6) is 2.58. The van der Waals surface area contributed by atoms with E-state index in [0.717, 1.165) is 31.9 Å². The maximum absolute atomic E-state index is 12.2. The molecule has 0 aromatic heterocycles. The summed E-state index contributed by atoms with van der Waals surface area (Å²) >= 11 is 1.95. The van der Waals surface area contributed by atoms with Crippen LogP contribution in [0, 0.1) is 0 Å². The van der Waals surface area contributed by atoms with Crippen molar-refractivity contribution in [3.8, 4) is 0 Å². The second kappa shape index (κ2) is 6.07. The molecule has 2 saturated heterocycles. The summed E-state index contributed by atoms with van der Waals surface area (Å²) in [4.78, 5) is 16.6. The highest BCUT2D eigenvalue weighted by Crippen LogP contribution is 2.14. The highest BCUT2D eigenvalue weighted by atomic mass is 32.2. The molecule has 17 heavy (non-hydrogen) atoms. The van der Waals surface area contributed by atoms with Crippen molar-refractivity contribution in [2.45, 2.75) is 25.4 Å². The maximum atomic E-state index is 12.2. The number of hydrogen-bond donors (Lipinski definition) is 1. The summed E-state index contributed by atoms with van der Waals surface area (Å²) in [5.41, 5.74) is 0. The van der Waals surface area contributed by atoms with Crippen LogP contribution in [0.15, 0.2) is 0 Å². The number of piperazine rings is 1. The minimum Gasteiger partial charge on any atom is -0.337 e. The van der Waals surface area contributed by atoms with Crippen LogP contribution in [0.2, 0.25) is 0 Å². The summed E-state index contributed by atoms with van der Waals surface area (Å²) < 4.78 is 0. The zero-order valence-corrected chi connectivity index (χ0v) is 11.6. The van der Waals surface area contributed by atoms with Crippen molar-refractivity contribution in [3.05, 3.63) is 0 Å². The Labute approximate surface area is 108 Å². The molecule has 2 atom stereocenters. The average molecular weight is 257 g/mol. The molecule has 4 nitrogen and oxygen atoms in total. The zero-order chi connectivity index (χ0) is 12.3. The normalized spacial score (nSPS) is 31.5. The molecular weight excluding hydrogens is 234 g/mol. The van der Waals surface area contributed by atoms with E-state index in [-0.39, 0.29) is 0 Å². The molecule has 2 rings (SSSR count). The fraction of sp³-hybridized carbons (Fsp3) is 0.917. The summed E-state index contributed by atoms with van der Waals surface area (Å²) in [6.45, 7) is 6.08. The molecule has 5 heteroatoms. The van der Waals surface area contributed by atoms with Crippen molar-refractivity contribution in [2.75, 3.05) is 44.7 Å². The lowest BCUT2D eigenvalue weighted by Gasteiger charge is -2.39. The fourth-order valence-corrected chi connectivity index (χ4v) is 3.54. The van der Waals surface area contributed by atoms with Gasteiger partial charge in [-0.15, -0.1) is 0 Å². The van der Waals surface area contributed by atoms with Gasteiger partial charge >= 0.3 is 0 Å². The Morgan fingerprint density at radius 2 is 2.29 bits per heavy atom. The number of amides is 1. The number of hydrogen-bond acceptors (Lipinski definition) is 4. The van der Waals surface area contributed by atoms with Crippen LogP contribution in [0.25, 0.3) is 0 Å². The SMILES string of the molecule is CC1CN(C)CCN1C(=O)CC1CSCCN1. The van der Waals surface area contributed by atoms with Gasteiger partial charge in [-0.05, 0) is 14.0 Å². The van der Waals surface area contributed by atoms with Gasteiger partial charge in [0.15, 0.2) is 0 Å². The molecule has 2 fully saturated rings. The van der Waals surface area contributed by atoms with Crippen LogP contribution in [0.1, 0.15) is 13.3 Å². The summed E-state index contributed by atoms with van der Waals surface area (Å²) in [6, 6.07) is 0.741. The van der Waals surface area contributed by atoms with Gasteiger partial charge in [-0.1, -0.05) is 0 Å². The Kier molecular flexibility index (Phi) is 4.70. The molecule has 0 bridgehead atoms. The van der Waals surface area contributed by atoms with Crippen LogP contribution in [0.4, 0.5) is 0 Å². The minimum absolute atomic E-state index is 0.325. The molecule has 2 heterocycles. The largest absolute Gasteiger partial charge is 0.337 e. The van der Waals surface area contributed by atoms with Crippen molar-refractivity contribution in [3.63, 3.8) is 0 Å². The second-order valence-corrected chi connectivity index (χ2v) is 6.28. The van der Waals surface area contributed by atoms with Gasteiger partial charge in [0, 0.05) is 56.2 Å². The molecule has 2 unspecified atom stereocenters. The smallest absolute Gasteiger partial charge is 0.224 e. The number of carbonyl (C=O) groups is 1. The van der Waals surface area contributed by atoms with Gasteiger partial charge in [0.1, 0.15) is 0 Å². The monoisotopic (exact) mass is 257 g/mol.